The van der Waals surface area contributed by atoms with E-state index in [-0.39, 0.29) is 5.92 Å². The summed E-state index contributed by atoms with van der Waals surface area (Å²) in [6.07, 6.45) is 4.20. The number of hydrogen-bond acceptors (Lipinski definition) is 2. The van der Waals surface area contributed by atoms with Gasteiger partial charge in [0.15, 0.2) is 12.3 Å². The topological polar surface area (TPSA) is 47.6 Å². The summed E-state index contributed by atoms with van der Waals surface area (Å²) in [6.45, 7) is 0. The SMILES string of the molecule is N#CC1=CC(C#N)[C+]1. The molecule has 0 aliphatic heterocycles. The molecule has 0 aromatic carbocycles. The van der Waals surface area contributed by atoms with Crippen molar-refractivity contribution in [1.29, 1.82) is 10.5 Å². The van der Waals surface area contributed by atoms with Crippen LogP contribution in [0, 0.1) is 35.0 Å². The van der Waals surface area contributed by atoms with Crippen molar-refractivity contribution in [1.82, 2.24) is 0 Å². The lowest BCUT2D eigenvalue weighted by atomic mass is 9.89. The summed E-state index contributed by atoms with van der Waals surface area (Å²) in [4.78, 5) is 0. The van der Waals surface area contributed by atoms with Gasteiger partial charge >= 0.3 is 0 Å². The lowest BCUT2D eigenvalue weighted by Gasteiger charge is -1.96. The summed E-state index contributed by atoms with van der Waals surface area (Å²) < 4.78 is 0. The Morgan fingerprint density at radius 2 is 2.25 bits per heavy atom. The van der Waals surface area contributed by atoms with Gasteiger partial charge < -0.3 is 0 Å². The summed E-state index contributed by atoms with van der Waals surface area (Å²) in [5.41, 5.74) is 0.497. The average Bonchev–Trinajstić information content (AvgIpc) is 1.65. The van der Waals surface area contributed by atoms with E-state index in [9.17, 15) is 0 Å². The number of allylic oxidation sites excluding steroid dienone is 2. The molecule has 35 valence electrons. The maximum absolute atomic E-state index is 8.13. The number of nitriles is 2. The molecular weight excluding hydrogens is 100 g/mol. The maximum Gasteiger partial charge on any atom is 0.269 e. The van der Waals surface area contributed by atoms with Gasteiger partial charge in [-0.25, -0.2) is 0 Å². The van der Waals surface area contributed by atoms with Gasteiger partial charge in [0, 0.05) is 0 Å². The maximum atomic E-state index is 8.13. The predicted molar refractivity (Wildman–Crippen MR) is 26.0 cm³/mol. The highest BCUT2D eigenvalue weighted by Gasteiger charge is 2.31. The van der Waals surface area contributed by atoms with E-state index in [1.165, 1.54) is 0 Å². The largest absolute Gasteiger partial charge is 0.269 e. The van der Waals surface area contributed by atoms with Gasteiger partial charge in [0.25, 0.3) is 6.07 Å². The molecular formula is C6H2N2+. The average molecular weight is 102 g/mol. The Hall–Kier alpha value is -1.41. The molecule has 0 amide bonds. The Morgan fingerprint density at radius 1 is 1.62 bits per heavy atom. The molecule has 0 saturated carbocycles. The number of rotatable bonds is 0. The van der Waals surface area contributed by atoms with E-state index in [1.807, 2.05) is 12.1 Å². The van der Waals surface area contributed by atoms with Crippen molar-refractivity contribution in [3.05, 3.63) is 18.1 Å². The smallest absolute Gasteiger partial charge is 0.195 e. The highest BCUT2D eigenvalue weighted by Crippen LogP contribution is 2.21. The van der Waals surface area contributed by atoms with Crippen molar-refractivity contribution in [2.75, 3.05) is 0 Å². The van der Waals surface area contributed by atoms with E-state index in [4.69, 9.17) is 10.5 Å². The van der Waals surface area contributed by atoms with E-state index in [1.54, 1.807) is 6.08 Å². The van der Waals surface area contributed by atoms with Crippen LogP contribution >= 0.6 is 0 Å². The molecule has 1 radical (unpaired) electrons. The molecule has 0 fully saturated rings. The van der Waals surface area contributed by atoms with E-state index >= 15 is 0 Å². The minimum Gasteiger partial charge on any atom is -0.195 e. The molecule has 0 aromatic heterocycles. The zero-order valence-electron chi connectivity index (χ0n) is 4.05. The van der Waals surface area contributed by atoms with Crippen LogP contribution in [0.15, 0.2) is 11.6 Å². The highest BCUT2D eigenvalue weighted by molar-refractivity contribution is 5.43. The molecule has 1 aliphatic rings. The van der Waals surface area contributed by atoms with E-state index in [2.05, 4.69) is 6.42 Å². The second kappa shape index (κ2) is 1.60. The molecule has 8 heavy (non-hydrogen) atoms. The summed E-state index contributed by atoms with van der Waals surface area (Å²) in [5, 5.41) is 16.2. The molecule has 0 aromatic rings. The lowest BCUT2D eigenvalue weighted by molar-refractivity contribution is 0.917. The van der Waals surface area contributed by atoms with Crippen molar-refractivity contribution >= 4 is 0 Å². The molecule has 2 heteroatoms. The number of nitrogens with zero attached hydrogens (tertiary/aromatic N) is 2. The first-order valence-corrected chi connectivity index (χ1v) is 2.15. The highest BCUT2D eigenvalue weighted by atomic mass is 14.3. The summed E-state index contributed by atoms with van der Waals surface area (Å²) in [6, 6.07) is 3.79. The van der Waals surface area contributed by atoms with Crippen LogP contribution in [0.4, 0.5) is 0 Å². The first-order chi connectivity index (χ1) is 3.86. The minimum absolute atomic E-state index is 0.232. The second-order valence-corrected chi connectivity index (χ2v) is 1.44. The third-order valence-electron chi connectivity index (χ3n) is 0.904. The van der Waals surface area contributed by atoms with Gasteiger partial charge in [-0.1, -0.05) is 5.26 Å². The van der Waals surface area contributed by atoms with E-state index in [0.29, 0.717) is 5.57 Å². The Balaban J connectivity index is 2.57. The molecule has 0 heterocycles. The van der Waals surface area contributed by atoms with Crippen LogP contribution in [-0.4, -0.2) is 0 Å². The van der Waals surface area contributed by atoms with Gasteiger partial charge in [-0.2, -0.15) is 5.26 Å². The third kappa shape index (κ3) is 0.527. The van der Waals surface area contributed by atoms with Crippen LogP contribution in [0.1, 0.15) is 0 Å². The van der Waals surface area contributed by atoms with Gasteiger partial charge in [0.2, 0.25) is 5.57 Å². The lowest BCUT2D eigenvalue weighted by Crippen LogP contribution is -2.06. The fourth-order valence-corrected chi connectivity index (χ4v) is 0.467. The molecule has 0 N–H and O–H groups in total. The van der Waals surface area contributed by atoms with Crippen molar-refractivity contribution in [3.63, 3.8) is 0 Å². The van der Waals surface area contributed by atoms with Gasteiger partial charge in [0.1, 0.15) is 6.07 Å². The van der Waals surface area contributed by atoms with Crippen molar-refractivity contribution in [3.8, 4) is 12.1 Å². The molecule has 0 spiro atoms. The molecule has 1 atom stereocenters. The van der Waals surface area contributed by atoms with Crippen LogP contribution in [-0.2, 0) is 0 Å². The van der Waals surface area contributed by atoms with Crippen molar-refractivity contribution in [2.24, 2.45) is 5.92 Å². The molecule has 0 bridgehead atoms. The minimum atomic E-state index is -0.232. The first kappa shape index (κ1) is 4.74. The van der Waals surface area contributed by atoms with Crippen LogP contribution in [0.3, 0.4) is 0 Å². The van der Waals surface area contributed by atoms with E-state index < -0.39 is 0 Å². The quantitative estimate of drug-likeness (QED) is 0.422. The van der Waals surface area contributed by atoms with E-state index in [0.717, 1.165) is 0 Å². The Labute approximate surface area is 47.7 Å². The zero-order chi connectivity index (χ0) is 5.98. The Bertz CT molecular complexity index is 202. The number of hydrogen-bond donors (Lipinski definition) is 0. The molecule has 1 aliphatic carbocycles. The van der Waals surface area contributed by atoms with Gasteiger partial charge in [0.05, 0.1) is 6.08 Å². The summed E-state index contributed by atoms with van der Waals surface area (Å²) in [7, 11) is 0. The first-order valence-electron chi connectivity index (χ1n) is 2.15. The fourth-order valence-electron chi connectivity index (χ4n) is 0.467. The molecule has 1 unspecified atom stereocenters. The van der Waals surface area contributed by atoms with Crippen LogP contribution in [0.2, 0.25) is 0 Å². The third-order valence-corrected chi connectivity index (χ3v) is 0.904. The normalized spacial score (nSPS) is 23.2. The van der Waals surface area contributed by atoms with Gasteiger partial charge in [-0.05, 0) is 0 Å². The van der Waals surface area contributed by atoms with Gasteiger partial charge in [-0.3, -0.25) is 0 Å². The predicted octanol–water partition coefficient (Wildman–Crippen LogP) is 0.671. The monoisotopic (exact) mass is 102 g/mol. The molecule has 0 saturated heterocycles. The molecule has 1 rings (SSSR count). The van der Waals surface area contributed by atoms with Crippen molar-refractivity contribution in [2.45, 2.75) is 0 Å². The van der Waals surface area contributed by atoms with Gasteiger partial charge in [-0.15, -0.1) is 0 Å². The van der Waals surface area contributed by atoms with Crippen LogP contribution < -0.4 is 0 Å². The summed E-state index contributed by atoms with van der Waals surface area (Å²) >= 11 is 0. The fraction of sp³-hybridized carbons (Fsp3) is 0.167. The summed E-state index contributed by atoms with van der Waals surface area (Å²) in [5.74, 6) is -0.232. The van der Waals surface area contributed by atoms with Crippen molar-refractivity contribution < 1.29 is 0 Å². The Morgan fingerprint density at radius 3 is 2.62 bits per heavy atom. The Kier molecular flexibility index (Phi) is 0.946. The molecule has 2 nitrogen and oxygen atoms in total. The zero-order valence-corrected chi connectivity index (χ0v) is 4.05. The van der Waals surface area contributed by atoms with Crippen LogP contribution in [0.5, 0.6) is 0 Å². The van der Waals surface area contributed by atoms with Crippen LogP contribution in [0.25, 0.3) is 0 Å². The second-order valence-electron chi connectivity index (χ2n) is 1.44. The standard InChI is InChI=1S/C6H2N2/c7-3-5-1-6(2-5)4-8/h1,5H/q+1.